The van der Waals surface area contributed by atoms with Crippen molar-refractivity contribution >= 4 is 86.6 Å². The molecule has 33 heteroatoms. The van der Waals surface area contributed by atoms with Crippen LogP contribution in [0, 0.1) is 0 Å². The molecule has 0 spiro atoms. The summed E-state index contributed by atoms with van der Waals surface area (Å²) in [6.45, 7) is 25.3. The molecule has 0 saturated carbocycles. The van der Waals surface area contributed by atoms with Crippen LogP contribution >= 0.6 is 39.1 Å². The summed E-state index contributed by atoms with van der Waals surface area (Å²) < 4.78 is 46.0. The van der Waals surface area contributed by atoms with Gasteiger partial charge >= 0.3 is 30.2 Å². The fraction of sp³-hybridized carbons (Fsp3) is 0.631. The first kappa shape index (κ1) is 82.2. The zero-order chi connectivity index (χ0) is 72.0. The summed E-state index contributed by atoms with van der Waals surface area (Å²) in [4.78, 5) is 85.8. The molecule has 0 radical (unpaired) electrons. The van der Waals surface area contributed by atoms with Crippen molar-refractivity contribution in [2.24, 2.45) is 0 Å². The third-order valence-electron chi connectivity index (χ3n) is 14.4. The number of benzene rings is 2. The Bertz CT molecular complexity index is 3070. The molecule has 30 nitrogen and oxygen atoms in total. The van der Waals surface area contributed by atoms with E-state index in [1.54, 1.807) is 93.2 Å². The van der Waals surface area contributed by atoms with E-state index in [1.165, 1.54) is 18.5 Å². The number of fused-ring (bicyclic) bond motifs is 2. The monoisotopic (exact) mass is 1490 g/mol. The molecule has 5 saturated heterocycles. The smallest absolute Gasteiger partial charge is 0.434 e. The van der Waals surface area contributed by atoms with Crippen molar-refractivity contribution in [3.8, 4) is 0 Å². The number of ether oxygens (including phenoxy) is 9. The van der Waals surface area contributed by atoms with Crippen molar-refractivity contribution in [3.63, 3.8) is 0 Å². The maximum Gasteiger partial charge on any atom is 0.434 e. The number of hydrogen-bond acceptors (Lipinski definition) is 20. The van der Waals surface area contributed by atoms with E-state index in [4.69, 9.17) is 85.8 Å². The minimum atomic E-state index is -1.10. The van der Waals surface area contributed by atoms with Gasteiger partial charge in [-0.2, -0.15) is 20.3 Å². The fourth-order valence-corrected chi connectivity index (χ4v) is 10.4. The number of halogens is 3. The van der Waals surface area contributed by atoms with Gasteiger partial charge in [0.25, 0.3) is 5.91 Å². The molecule has 2 aromatic heterocycles. The topological polar surface area (TPSA) is 342 Å². The van der Waals surface area contributed by atoms with Crippen molar-refractivity contribution < 1.29 is 91.4 Å². The number of anilines is 2. The molecule has 7 aliphatic rings. The van der Waals surface area contributed by atoms with Crippen LogP contribution in [0.1, 0.15) is 131 Å². The van der Waals surface area contributed by atoms with E-state index in [1.807, 2.05) is 34.6 Å². The van der Waals surface area contributed by atoms with Gasteiger partial charge in [0.2, 0.25) is 0 Å². The van der Waals surface area contributed by atoms with Crippen LogP contribution in [-0.4, -0.2) is 246 Å². The van der Waals surface area contributed by atoms with Crippen LogP contribution < -0.4 is 10.6 Å². The van der Waals surface area contributed by atoms with Crippen LogP contribution in [0.15, 0.2) is 48.5 Å². The number of nitrogens with one attached hydrogen (secondary N) is 4. The number of aromatic nitrogens is 4. The molecule has 5 unspecified atom stereocenters. The van der Waals surface area contributed by atoms with E-state index in [2.05, 4.69) is 47.0 Å². The van der Waals surface area contributed by atoms with E-state index in [0.29, 0.717) is 107 Å². The van der Waals surface area contributed by atoms with E-state index < -0.39 is 29.4 Å². The first-order valence-electron chi connectivity index (χ1n) is 32.5. The molecule has 7 amide bonds. The van der Waals surface area contributed by atoms with Crippen LogP contribution in [0.25, 0.3) is 0 Å². The highest BCUT2D eigenvalue weighted by atomic mass is 79.9. The van der Waals surface area contributed by atoms with Gasteiger partial charge in [-0.15, -0.1) is 0 Å². The van der Waals surface area contributed by atoms with Crippen LogP contribution in [0.4, 0.5) is 30.6 Å². The van der Waals surface area contributed by atoms with E-state index in [9.17, 15) is 28.8 Å². The highest BCUT2D eigenvalue weighted by Crippen LogP contribution is 2.26. The average Bonchev–Trinajstić information content (AvgIpc) is 1.65. The number of rotatable bonds is 12. The van der Waals surface area contributed by atoms with Crippen LogP contribution in [0.3, 0.4) is 0 Å². The molecular weight excluding hydrogens is 1390 g/mol. The number of nitrogens with zero attached hydrogens (tertiary/aromatic N) is 7. The first-order valence-corrected chi connectivity index (χ1v) is 34.2. The van der Waals surface area contributed by atoms with Gasteiger partial charge in [0.1, 0.15) is 23.4 Å². The standard InChI is InChI=1S/C19H22ClN5O4.C14H13ClN4O3.C10H19NO4.C6H13NO3.2C6H12O2.C4H7BrO/c1-24(29-14-6-8-28-11-14)18(26)17-15-10-25(7-5-16(15)22-23-17)19(27)21-13-4-2-3-12(20)9-13;15-8-2-1-3-9(6-8)16-14(22)19-5-4-11-10(7-19)12(13(20)21)18-17-11;1-10(2,3)14-9(12)11(4)15-8-5-6-13-7-8;1-6(2,3)10-5(8)7(4)9;2*1-2-8-6-3-4-7-5-6;5-4-1-2-6-3-4/h2-4,9,14H,5-8,10-11H2,1H3,(H,21,27)(H,22,23);1-3,6H,4-5,7H2,(H,16,22)(H,17,18)(H,20,21);8H,5-7H2,1-4H3;9H,1-4H3;2*6H,2-5H2,1H3;4H,1-3H2. The zero-order valence-corrected chi connectivity index (χ0v) is 61.0. The Kier molecular flexibility index (Phi) is 35.2. The number of hydroxylamine groups is 6. The Morgan fingerprint density at radius 1 is 0.602 bits per heavy atom. The lowest BCUT2D eigenvalue weighted by Crippen LogP contribution is -2.40. The van der Waals surface area contributed by atoms with Crippen molar-refractivity contribution in [1.29, 1.82) is 0 Å². The average molecular weight is 1490 g/mol. The highest BCUT2D eigenvalue weighted by molar-refractivity contribution is 9.09. The number of aromatic amines is 2. The molecule has 548 valence electrons. The number of alkyl halides is 1. The lowest BCUT2D eigenvalue weighted by atomic mass is 10.1. The summed E-state index contributed by atoms with van der Waals surface area (Å²) in [5.41, 5.74) is 3.28. The molecule has 9 heterocycles. The maximum absolute atomic E-state index is 12.8. The quantitative estimate of drug-likeness (QED) is 0.0436. The van der Waals surface area contributed by atoms with E-state index >= 15 is 0 Å². The Morgan fingerprint density at radius 2 is 1.00 bits per heavy atom. The molecule has 98 heavy (non-hydrogen) atoms. The van der Waals surface area contributed by atoms with Gasteiger partial charge in [0.15, 0.2) is 11.4 Å². The van der Waals surface area contributed by atoms with Gasteiger partial charge in [-0.3, -0.25) is 29.9 Å². The van der Waals surface area contributed by atoms with Gasteiger partial charge in [-0.25, -0.2) is 29.0 Å². The molecule has 4 aromatic rings. The number of urea groups is 2. The van der Waals surface area contributed by atoms with Crippen LogP contribution in [-0.2, 0) is 78.2 Å². The number of amides is 7. The number of H-pyrrole nitrogens is 2. The second kappa shape index (κ2) is 42.0. The number of carbonyl (C=O) groups excluding carboxylic acids is 5. The maximum atomic E-state index is 12.8. The van der Waals surface area contributed by atoms with Crippen molar-refractivity contribution in [2.45, 2.75) is 154 Å². The minimum Gasteiger partial charge on any atom is -0.476 e. The summed E-state index contributed by atoms with van der Waals surface area (Å²) in [7, 11) is 4.33. The molecule has 11 rings (SSSR count). The largest absolute Gasteiger partial charge is 0.476 e. The number of carboxylic acid groups (broad SMARTS) is 1. The van der Waals surface area contributed by atoms with Gasteiger partial charge in [-0.05, 0) is 111 Å². The van der Waals surface area contributed by atoms with Crippen LogP contribution in [0.5, 0.6) is 0 Å². The second-order valence-corrected chi connectivity index (χ2v) is 27.1. The number of hydrogen-bond donors (Lipinski definition) is 6. The molecule has 7 aliphatic heterocycles. The molecular formula is C65H98BrCl2N11O19. The third kappa shape index (κ3) is 30.2. The Morgan fingerprint density at radius 3 is 1.35 bits per heavy atom. The van der Waals surface area contributed by atoms with Crippen LogP contribution in [0.2, 0.25) is 10.0 Å². The predicted molar refractivity (Wildman–Crippen MR) is 366 cm³/mol. The predicted octanol–water partition coefficient (Wildman–Crippen LogP) is 10.4. The fourth-order valence-electron chi connectivity index (χ4n) is 9.63. The second-order valence-electron chi connectivity index (χ2n) is 24.9. The molecule has 6 N–H and O–H groups in total. The summed E-state index contributed by atoms with van der Waals surface area (Å²) in [5.74, 6) is -1.46. The summed E-state index contributed by atoms with van der Waals surface area (Å²) >= 11 is 15.3. The molecule has 0 bridgehead atoms. The Balaban J connectivity index is 0.000000222. The summed E-state index contributed by atoms with van der Waals surface area (Å²) in [5, 5.41) is 40.6. The SMILES string of the molecule is BrC1CCOC1.CCOC1CCOC1.CCOC1CCOC1.CN(O)C(=O)OC(C)(C)C.CN(OC1CCOC1)C(=O)OC(C)(C)C.CN(OC1CCOC1)C(=O)c1n[nH]c2c1CN(C(=O)Nc1cccc(Cl)c1)CC2.O=C(O)c1n[nH]c2c1CN(C(=O)Nc1cccc(Cl)c1)CC2. The van der Waals surface area contributed by atoms with Gasteiger partial charge in [0, 0.05) is 155 Å². The summed E-state index contributed by atoms with van der Waals surface area (Å²) in [6.07, 6.45) is 5.39. The normalized spacial score (nSPS) is 19.7. The number of carbonyl (C=O) groups is 6. The van der Waals surface area contributed by atoms with E-state index in [-0.39, 0.29) is 54.7 Å². The van der Waals surface area contributed by atoms with Crippen molar-refractivity contribution in [3.05, 3.63) is 92.5 Å². The van der Waals surface area contributed by atoms with Crippen molar-refractivity contribution in [1.82, 2.24) is 45.4 Å². The molecule has 5 atom stereocenters. The van der Waals surface area contributed by atoms with Gasteiger partial charge in [0.05, 0.1) is 58.3 Å². The lowest BCUT2D eigenvalue weighted by molar-refractivity contribution is -0.166. The number of carboxylic acids is 1. The zero-order valence-electron chi connectivity index (χ0n) is 57.9. The molecule has 0 aliphatic carbocycles. The van der Waals surface area contributed by atoms with E-state index in [0.717, 1.165) is 95.0 Å². The third-order valence-corrected chi connectivity index (χ3v) is 15.6. The van der Waals surface area contributed by atoms with Gasteiger partial charge < -0.3 is 68.2 Å². The highest BCUT2D eigenvalue weighted by Gasteiger charge is 2.33. The summed E-state index contributed by atoms with van der Waals surface area (Å²) in [6, 6.07) is 13.2. The lowest BCUT2D eigenvalue weighted by Gasteiger charge is -2.27. The minimum absolute atomic E-state index is 0.0322. The van der Waals surface area contributed by atoms with Crippen molar-refractivity contribution in [2.75, 3.05) is 124 Å². The Labute approximate surface area is 591 Å². The first-order chi connectivity index (χ1) is 46.5. The Hall–Kier alpha value is -6.46. The molecule has 2 aromatic carbocycles. The molecule has 5 fully saturated rings. The number of aromatic carboxylic acids is 1. The van der Waals surface area contributed by atoms with Gasteiger partial charge in [-0.1, -0.05) is 51.3 Å².